The summed E-state index contributed by atoms with van der Waals surface area (Å²) in [4.78, 5) is 11.8. The van der Waals surface area contributed by atoms with E-state index in [1.165, 1.54) is 0 Å². The molecule has 0 bridgehead atoms. The molecule has 3 heteroatoms. The van der Waals surface area contributed by atoms with Crippen molar-refractivity contribution in [3.8, 4) is 5.75 Å². The molecule has 0 aliphatic carbocycles. The zero-order valence-corrected chi connectivity index (χ0v) is 12.0. The molecule has 0 saturated heterocycles. The summed E-state index contributed by atoms with van der Waals surface area (Å²) in [5, 5.41) is 2.94. The molecule has 0 radical (unpaired) electrons. The third-order valence-corrected chi connectivity index (χ3v) is 3.13. The van der Waals surface area contributed by atoms with Crippen LogP contribution in [0.5, 0.6) is 5.75 Å². The molecule has 0 unspecified atom stereocenters. The van der Waals surface area contributed by atoms with Crippen LogP contribution in [0.25, 0.3) is 0 Å². The highest BCUT2D eigenvalue weighted by molar-refractivity contribution is 5.79. The number of carbonyl (C=O) groups excluding carboxylic acids is 1. The van der Waals surface area contributed by atoms with Crippen LogP contribution in [0.2, 0.25) is 0 Å². The van der Waals surface area contributed by atoms with Crippen molar-refractivity contribution < 1.29 is 9.53 Å². The zero-order valence-electron chi connectivity index (χ0n) is 12.0. The first kappa shape index (κ1) is 14.6. The summed E-state index contributed by atoms with van der Waals surface area (Å²) in [7, 11) is 1.66. The van der Waals surface area contributed by atoms with E-state index < -0.39 is 0 Å². The van der Waals surface area contributed by atoms with Crippen molar-refractivity contribution in [3.05, 3.63) is 28.8 Å². The number of rotatable bonds is 5. The first-order chi connectivity index (χ1) is 8.45. The van der Waals surface area contributed by atoms with Crippen molar-refractivity contribution in [1.82, 2.24) is 5.32 Å². The Morgan fingerprint density at radius 3 is 2.50 bits per heavy atom. The Morgan fingerprint density at radius 2 is 1.94 bits per heavy atom. The number of ether oxygens (including phenoxy) is 1. The summed E-state index contributed by atoms with van der Waals surface area (Å²) in [6.45, 7) is 8.95. The van der Waals surface area contributed by atoms with Crippen LogP contribution in [-0.4, -0.2) is 19.6 Å². The second-order valence-corrected chi connectivity index (χ2v) is 5.05. The van der Waals surface area contributed by atoms with Crippen molar-refractivity contribution in [1.29, 1.82) is 0 Å². The summed E-state index contributed by atoms with van der Waals surface area (Å²) in [6, 6.07) is 3.89. The molecule has 1 aromatic carbocycles. The molecule has 0 saturated carbocycles. The maximum Gasteiger partial charge on any atom is 0.224 e. The van der Waals surface area contributed by atoms with Gasteiger partial charge >= 0.3 is 0 Å². The molecule has 0 fully saturated rings. The van der Waals surface area contributed by atoms with E-state index >= 15 is 0 Å². The van der Waals surface area contributed by atoms with E-state index in [1.54, 1.807) is 7.11 Å². The minimum Gasteiger partial charge on any atom is -0.496 e. The van der Waals surface area contributed by atoms with Crippen LogP contribution in [0.15, 0.2) is 12.1 Å². The quantitative estimate of drug-likeness (QED) is 0.871. The minimum atomic E-state index is 0.0800. The van der Waals surface area contributed by atoms with Crippen LogP contribution in [0.1, 0.15) is 30.5 Å². The molecule has 3 nitrogen and oxygen atoms in total. The lowest BCUT2D eigenvalue weighted by Gasteiger charge is -2.13. The van der Waals surface area contributed by atoms with Gasteiger partial charge in [0.25, 0.3) is 0 Å². The van der Waals surface area contributed by atoms with Crippen LogP contribution >= 0.6 is 0 Å². The van der Waals surface area contributed by atoms with E-state index in [9.17, 15) is 4.79 Å². The minimum absolute atomic E-state index is 0.0800. The maximum absolute atomic E-state index is 11.8. The van der Waals surface area contributed by atoms with E-state index in [4.69, 9.17) is 4.74 Å². The molecule has 100 valence electrons. The fraction of sp³-hybridized carbons (Fsp3) is 0.533. The molecular formula is C15H23NO2. The van der Waals surface area contributed by atoms with Crippen LogP contribution < -0.4 is 10.1 Å². The Balaban J connectivity index is 2.73. The van der Waals surface area contributed by atoms with Crippen molar-refractivity contribution in [2.45, 2.75) is 34.1 Å². The van der Waals surface area contributed by atoms with E-state index in [0.717, 1.165) is 29.0 Å². The Labute approximate surface area is 110 Å². The monoisotopic (exact) mass is 249 g/mol. The second kappa shape index (κ2) is 6.43. The molecule has 0 aliphatic rings. The topological polar surface area (TPSA) is 38.3 Å². The van der Waals surface area contributed by atoms with Gasteiger partial charge in [0.2, 0.25) is 5.91 Å². The number of nitrogens with one attached hydrogen (secondary N) is 1. The highest BCUT2D eigenvalue weighted by atomic mass is 16.5. The highest BCUT2D eigenvalue weighted by Gasteiger charge is 2.10. The number of hydrogen-bond donors (Lipinski definition) is 1. The van der Waals surface area contributed by atoms with Gasteiger partial charge in [0.05, 0.1) is 13.5 Å². The average molecular weight is 249 g/mol. The SMILES string of the molecule is COc1ccc(CC(=O)NCC(C)C)c(C)c1C. The number of amides is 1. The summed E-state index contributed by atoms with van der Waals surface area (Å²) < 4.78 is 5.26. The lowest BCUT2D eigenvalue weighted by molar-refractivity contribution is -0.120. The van der Waals surface area contributed by atoms with Gasteiger partial charge in [0.1, 0.15) is 5.75 Å². The fourth-order valence-electron chi connectivity index (χ4n) is 1.82. The number of hydrogen-bond acceptors (Lipinski definition) is 2. The van der Waals surface area contributed by atoms with Gasteiger partial charge in [-0.05, 0) is 42.5 Å². The van der Waals surface area contributed by atoms with Crippen molar-refractivity contribution >= 4 is 5.91 Å². The van der Waals surface area contributed by atoms with Gasteiger partial charge in [-0.15, -0.1) is 0 Å². The van der Waals surface area contributed by atoms with Crippen LogP contribution in [-0.2, 0) is 11.2 Å². The van der Waals surface area contributed by atoms with E-state index in [2.05, 4.69) is 19.2 Å². The number of benzene rings is 1. The van der Waals surface area contributed by atoms with Gasteiger partial charge in [0, 0.05) is 6.54 Å². The van der Waals surface area contributed by atoms with E-state index in [0.29, 0.717) is 12.3 Å². The van der Waals surface area contributed by atoms with Gasteiger partial charge in [0.15, 0.2) is 0 Å². The van der Waals surface area contributed by atoms with Crippen molar-refractivity contribution in [2.24, 2.45) is 5.92 Å². The predicted octanol–water partition coefficient (Wildman–Crippen LogP) is 2.63. The van der Waals surface area contributed by atoms with E-state index in [-0.39, 0.29) is 5.91 Å². The van der Waals surface area contributed by atoms with E-state index in [1.807, 2.05) is 26.0 Å². The number of carbonyl (C=O) groups is 1. The fourth-order valence-corrected chi connectivity index (χ4v) is 1.82. The first-order valence-corrected chi connectivity index (χ1v) is 6.35. The summed E-state index contributed by atoms with van der Waals surface area (Å²) >= 11 is 0. The zero-order chi connectivity index (χ0) is 13.7. The number of methoxy groups -OCH3 is 1. The molecule has 1 N–H and O–H groups in total. The van der Waals surface area contributed by atoms with Gasteiger partial charge in [-0.2, -0.15) is 0 Å². The van der Waals surface area contributed by atoms with Crippen LogP contribution in [0.4, 0.5) is 0 Å². The van der Waals surface area contributed by atoms with Gasteiger partial charge in [-0.25, -0.2) is 0 Å². The molecule has 0 spiro atoms. The molecule has 1 amide bonds. The molecule has 0 aromatic heterocycles. The molecule has 1 rings (SSSR count). The van der Waals surface area contributed by atoms with Crippen LogP contribution in [0, 0.1) is 19.8 Å². The Bertz CT molecular complexity index is 425. The second-order valence-electron chi connectivity index (χ2n) is 5.05. The van der Waals surface area contributed by atoms with Crippen molar-refractivity contribution in [3.63, 3.8) is 0 Å². The summed E-state index contributed by atoms with van der Waals surface area (Å²) in [5.74, 6) is 1.43. The molecule has 0 aliphatic heterocycles. The molecule has 0 heterocycles. The molecular weight excluding hydrogens is 226 g/mol. The van der Waals surface area contributed by atoms with Crippen LogP contribution in [0.3, 0.4) is 0 Å². The van der Waals surface area contributed by atoms with Gasteiger partial charge in [-0.1, -0.05) is 19.9 Å². The third kappa shape index (κ3) is 3.76. The molecule has 1 aromatic rings. The average Bonchev–Trinajstić information content (AvgIpc) is 2.33. The first-order valence-electron chi connectivity index (χ1n) is 6.35. The lowest BCUT2D eigenvalue weighted by atomic mass is 9.99. The maximum atomic E-state index is 11.8. The standard InChI is InChI=1S/C15H23NO2/c1-10(2)9-16-15(17)8-13-6-7-14(18-5)12(4)11(13)3/h6-7,10H,8-9H2,1-5H3,(H,16,17). The predicted molar refractivity (Wildman–Crippen MR) is 74.0 cm³/mol. The lowest BCUT2D eigenvalue weighted by Crippen LogP contribution is -2.28. The Kier molecular flexibility index (Phi) is 5.20. The highest BCUT2D eigenvalue weighted by Crippen LogP contribution is 2.24. The molecule has 0 atom stereocenters. The smallest absolute Gasteiger partial charge is 0.224 e. The van der Waals surface area contributed by atoms with Gasteiger partial charge < -0.3 is 10.1 Å². The van der Waals surface area contributed by atoms with Gasteiger partial charge in [-0.3, -0.25) is 4.79 Å². The van der Waals surface area contributed by atoms with Crippen molar-refractivity contribution in [2.75, 3.05) is 13.7 Å². The largest absolute Gasteiger partial charge is 0.496 e. The summed E-state index contributed by atoms with van der Waals surface area (Å²) in [5.41, 5.74) is 3.30. The normalized spacial score (nSPS) is 10.6. The third-order valence-electron chi connectivity index (χ3n) is 3.13. The molecule has 18 heavy (non-hydrogen) atoms. The Morgan fingerprint density at radius 1 is 1.28 bits per heavy atom. The Hall–Kier alpha value is -1.51. The summed E-state index contributed by atoms with van der Waals surface area (Å²) in [6.07, 6.45) is 0.434.